The number of benzene rings is 2. The fourth-order valence-corrected chi connectivity index (χ4v) is 4.06. The number of oxazole rings is 1. The van der Waals surface area contributed by atoms with Crippen LogP contribution in [-0.4, -0.2) is 27.7 Å². The largest absolute Gasteiger partial charge is 0.441 e. The van der Waals surface area contributed by atoms with Gasteiger partial charge in [-0.15, -0.1) is 0 Å². The SMILES string of the molecule is Cc1oc(-c2cccc(NC(=O)c3ccccn3)c2)nc1CNC(=O)C[C@H]1NC(=O)c2ccccc21. The van der Waals surface area contributed by atoms with E-state index >= 15 is 0 Å². The van der Waals surface area contributed by atoms with Crippen molar-refractivity contribution in [3.8, 4) is 11.5 Å². The summed E-state index contributed by atoms with van der Waals surface area (Å²) in [7, 11) is 0. The molecule has 0 aliphatic carbocycles. The third-order valence-corrected chi connectivity index (χ3v) is 5.89. The summed E-state index contributed by atoms with van der Waals surface area (Å²) in [4.78, 5) is 45.6. The molecule has 3 N–H and O–H groups in total. The second-order valence-corrected chi connectivity index (χ2v) is 8.37. The van der Waals surface area contributed by atoms with Crippen LogP contribution in [0, 0.1) is 6.92 Å². The van der Waals surface area contributed by atoms with Crippen molar-refractivity contribution in [2.45, 2.75) is 25.9 Å². The molecular formula is C27H23N5O4. The average Bonchev–Trinajstić information content (AvgIpc) is 3.42. The Morgan fingerprint density at radius 2 is 1.89 bits per heavy atom. The molecule has 2 aromatic carbocycles. The molecule has 1 aliphatic rings. The summed E-state index contributed by atoms with van der Waals surface area (Å²) < 4.78 is 5.83. The van der Waals surface area contributed by atoms with Gasteiger partial charge in [-0.05, 0) is 48.9 Å². The first-order valence-electron chi connectivity index (χ1n) is 11.4. The molecule has 1 atom stereocenters. The molecule has 5 rings (SSSR count). The smallest absolute Gasteiger partial charge is 0.274 e. The van der Waals surface area contributed by atoms with Gasteiger partial charge >= 0.3 is 0 Å². The van der Waals surface area contributed by atoms with Crippen LogP contribution in [-0.2, 0) is 11.3 Å². The minimum atomic E-state index is -0.355. The van der Waals surface area contributed by atoms with Gasteiger partial charge in [0.2, 0.25) is 11.8 Å². The first-order chi connectivity index (χ1) is 17.5. The lowest BCUT2D eigenvalue weighted by molar-refractivity contribution is -0.121. The normalized spacial score (nSPS) is 14.1. The second kappa shape index (κ2) is 9.83. The van der Waals surface area contributed by atoms with Crippen LogP contribution in [0.25, 0.3) is 11.5 Å². The molecule has 0 bridgehead atoms. The Hall–Kier alpha value is -4.79. The molecule has 9 nitrogen and oxygen atoms in total. The monoisotopic (exact) mass is 481 g/mol. The van der Waals surface area contributed by atoms with Gasteiger partial charge in [0.1, 0.15) is 17.1 Å². The standard InChI is InChI=1S/C27H23N5O4/c1-16-23(15-29-24(33)14-22-19-9-2-3-10-20(19)25(34)31-22)32-27(36-16)17-7-6-8-18(13-17)30-26(35)21-11-4-5-12-28-21/h2-13,22H,14-15H2,1H3,(H,29,33)(H,30,35)(H,31,34)/t22-/m1/s1. The molecule has 9 heteroatoms. The molecule has 0 spiro atoms. The minimum Gasteiger partial charge on any atom is -0.441 e. The van der Waals surface area contributed by atoms with E-state index in [0.29, 0.717) is 39.9 Å². The topological polar surface area (TPSA) is 126 Å². The van der Waals surface area contributed by atoms with Crippen LogP contribution >= 0.6 is 0 Å². The zero-order chi connectivity index (χ0) is 25.1. The van der Waals surface area contributed by atoms with Gasteiger partial charge in [0, 0.05) is 23.0 Å². The molecule has 0 fully saturated rings. The molecule has 0 saturated carbocycles. The summed E-state index contributed by atoms with van der Waals surface area (Å²) in [5.41, 5.74) is 3.59. The van der Waals surface area contributed by atoms with E-state index < -0.39 is 0 Å². The van der Waals surface area contributed by atoms with Gasteiger partial charge in [0.15, 0.2) is 0 Å². The van der Waals surface area contributed by atoms with Crippen molar-refractivity contribution in [3.05, 3.63) is 101 Å². The lowest BCUT2D eigenvalue weighted by Gasteiger charge is -2.11. The van der Waals surface area contributed by atoms with Gasteiger partial charge in [-0.1, -0.05) is 30.3 Å². The molecule has 0 saturated heterocycles. The lowest BCUT2D eigenvalue weighted by Crippen LogP contribution is -2.29. The van der Waals surface area contributed by atoms with Crippen molar-refractivity contribution in [2.75, 3.05) is 5.32 Å². The quantitative estimate of drug-likeness (QED) is 0.369. The highest BCUT2D eigenvalue weighted by Gasteiger charge is 2.29. The predicted molar refractivity (Wildman–Crippen MR) is 132 cm³/mol. The lowest BCUT2D eigenvalue weighted by atomic mass is 10.0. The first-order valence-corrected chi connectivity index (χ1v) is 11.4. The minimum absolute atomic E-state index is 0.129. The van der Waals surface area contributed by atoms with Crippen molar-refractivity contribution in [3.63, 3.8) is 0 Å². The molecule has 36 heavy (non-hydrogen) atoms. The zero-order valence-electron chi connectivity index (χ0n) is 19.4. The number of hydrogen-bond donors (Lipinski definition) is 3. The zero-order valence-corrected chi connectivity index (χ0v) is 19.4. The second-order valence-electron chi connectivity index (χ2n) is 8.37. The molecule has 1 aliphatic heterocycles. The van der Waals surface area contributed by atoms with Crippen molar-refractivity contribution < 1.29 is 18.8 Å². The number of carbonyl (C=O) groups excluding carboxylic acids is 3. The van der Waals surface area contributed by atoms with E-state index in [2.05, 4.69) is 25.9 Å². The highest BCUT2D eigenvalue weighted by Crippen LogP contribution is 2.28. The number of pyridine rings is 1. The van der Waals surface area contributed by atoms with E-state index in [1.54, 1.807) is 61.7 Å². The van der Waals surface area contributed by atoms with Crippen molar-refractivity contribution >= 4 is 23.4 Å². The summed E-state index contributed by atoms with van der Waals surface area (Å²) in [6.45, 7) is 1.96. The molecular weight excluding hydrogens is 458 g/mol. The number of anilines is 1. The summed E-state index contributed by atoms with van der Waals surface area (Å²) in [5.74, 6) is 0.259. The Balaban J connectivity index is 1.22. The molecule has 0 unspecified atom stereocenters. The Kier molecular flexibility index (Phi) is 6.27. The summed E-state index contributed by atoms with van der Waals surface area (Å²) in [6.07, 6.45) is 1.69. The molecule has 180 valence electrons. The van der Waals surface area contributed by atoms with E-state index in [1.807, 2.05) is 18.2 Å². The number of nitrogens with zero attached hydrogens (tertiary/aromatic N) is 2. The fraction of sp³-hybridized carbons (Fsp3) is 0.148. The fourth-order valence-electron chi connectivity index (χ4n) is 4.06. The number of hydrogen-bond acceptors (Lipinski definition) is 6. The van der Waals surface area contributed by atoms with Crippen LogP contribution in [0.1, 0.15) is 50.3 Å². The third-order valence-electron chi connectivity index (χ3n) is 5.89. The Morgan fingerprint density at radius 1 is 1.06 bits per heavy atom. The number of nitrogens with one attached hydrogen (secondary N) is 3. The summed E-state index contributed by atoms with van der Waals surface area (Å²) in [6, 6.07) is 19.2. The van der Waals surface area contributed by atoms with Gasteiger partial charge in [-0.25, -0.2) is 4.98 Å². The highest BCUT2D eigenvalue weighted by atomic mass is 16.4. The van der Waals surface area contributed by atoms with Crippen molar-refractivity contribution in [2.24, 2.45) is 0 Å². The summed E-state index contributed by atoms with van der Waals surface area (Å²) in [5, 5.41) is 8.52. The van der Waals surface area contributed by atoms with E-state index in [1.165, 1.54) is 0 Å². The number of fused-ring (bicyclic) bond motifs is 1. The average molecular weight is 482 g/mol. The van der Waals surface area contributed by atoms with E-state index in [4.69, 9.17) is 4.42 Å². The van der Waals surface area contributed by atoms with Crippen LogP contribution in [0.4, 0.5) is 5.69 Å². The van der Waals surface area contributed by atoms with Crippen molar-refractivity contribution in [1.82, 2.24) is 20.6 Å². The maximum absolute atomic E-state index is 12.6. The van der Waals surface area contributed by atoms with E-state index in [9.17, 15) is 14.4 Å². The Bertz CT molecular complexity index is 1450. The molecule has 4 aromatic rings. The van der Waals surface area contributed by atoms with E-state index in [0.717, 1.165) is 5.56 Å². The van der Waals surface area contributed by atoms with Crippen LogP contribution < -0.4 is 16.0 Å². The summed E-state index contributed by atoms with van der Waals surface area (Å²) >= 11 is 0. The van der Waals surface area contributed by atoms with Gasteiger partial charge < -0.3 is 20.4 Å². The van der Waals surface area contributed by atoms with Gasteiger partial charge in [-0.3, -0.25) is 19.4 Å². The highest BCUT2D eigenvalue weighted by molar-refractivity contribution is 6.03. The molecule has 3 amide bonds. The molecule has 2 aromatic heterocycles. The molecule has 0 radical (unpaired) electrons. The van der Waals surface area contributed by atoms with Gasteiger partial charge in [0.05, 0.1) is 19.0 Å². The molecule has 3 heterocycles. The maximum atomic E-state index is 12.6. The van der Waals surface area contributed by atoms with Crippen LogP contribution in [0.2, 0.25) is 0 Å². The Labute approximate surface area is 207 Å². The number of aromatic nitrogens is 2. The number of amides is 3. The number of aryl methyl sites for hydroxylation is 1. The van der Waals surface area contributed by atoms with Gasteiger partial charge in [0.25, 0.3) is 11.8 Å². The van der Waals surface area contributed by atoms with Crippen LogP contribution in [0.5, 0.6) is 0 Å². The van der Waals surface area contributed by atoms with Crippen LogP contribution in [0.3, 0.4) is 0 Å². The maximum Gasteiger partial charge on any atom is 0.274 e. The Morgan fingerprint density at radius 3 is 2.72 bits per heavy atom. The number of rotatable bonds is 7. The van der Waals surface area contributed by atoms with Crippen molar-refractivity contribution in [1.29, 1.82) is 0 Å². The number of carbonyl (C=O) groups is 3. The van der Waals surface area contributed by atoms with Crippen LogP contribution in [0.15, 0.2) is 77.3 Å². The van der Waals surface area contributed by atoms with Gasteiger partial charge in [-0.2, -0.15) is 0 Å². The predicted octanol–water partition coefficient (Wildman–Crippen LogP) is 3.79. The third kappa shape index (κ3) is 4.85. The first kappa shape index (κ1) is 23.0. The van der Waals surface area contributed by atoms with E-state index in [-0.39, 0.29) is 36.7 Å².